The van der Waals surface area contributed by atoms with Gasteiger partial charge in [0.05, 0.1) is 14.2 Å². The van der Waals surface area contributed by atoms with Crippen molar-refractivity contribution in [3.05, 3.63) is 45.6 Å². The first-order valence-corrected chi connectivity index (χ1v) is 9.57. The monoisotopic (exact) mass is 345 g/mol. The Hall–Kier alpha value is -1.52. The summed E-state index contributed by atoms with van der Waals surface area (Å²) in [6.07, 6.45) is 4.68. The van der Waals surface area contributed by atoms with Gasteiger partial charge in [0.15, 0.2) is 11.5 Å². The molecule has 0 saturated carbocycles. The van der Waals surface area contributed by atoms with Gasteiger partial charge in [0.25, 0.3) is 0 Å². The van der Waals surface area contributed by atoms with Crippen LogP contribution in [0.4, 0.5) is 0 Å². The van der Waals surface area contributed by atoms with Gasteiger partial charge in [-0.3, -0.25) is 0 Å². The average Bonchev–Trinajstić information content (AvgIpc) is 3.12. The smallest absolute Gasteiger partial charge is 0.164 e. The van der Waals surface area contributed by atoms with Crippen molar-refractivity contribution in [1.82, 2.24) is 5.32 Å². The van der Waals surface area contributed by atoms with E-state index in [1.54, 1.807) is 14.2 Å². The van der Waals surface area contributed by atoms with Gasteiger partial charge < -0.3 is 14.8 Å². The van der Waals surface area contributed by atoms with E-state index >= 15 is 0 Å². The molecular formula is C20H27NO2S. The van der Waals surface area contributed by atoms with Gasteiger partial charge in [-0.05, 0) is 74.2 Å². The SMILES string of the molecule is CNCC(Cc1cccs1)C1CCCc2c1ccc(OC)c2OC. The topological polar surface area (TPSA) is 30.5 Å². The summed E-state index contributed by atoms with van der Waals surface area (Å²) in [4.78, 5) is 1.47. The van der Waals surface area contributed by atoms with Crippen LogP contribution in [0.25, 0.3) is 0 Å². The lowest BCUT2D eigenvalue weighted by atomic mass is 9.74. The van der Waals surface area contributed by atoms with E-state index in [0.717, 1.165) is 30.9 Å². The first-order valence-electron chi connectivity index (χ1n) is 8.69. The van der Waals surface area contributed by atoms with Crippen molar-refractivity contribution >= 4 is 11.3 Å². The summed E-state index contributed by atoms with van der Waals surface area (Å²) >= 11 is 1.86. The number of hydrogen-bond donors (Lipinski definition) is 1. The summed E-state index contributed by atoms with van der Waals surface area (Å²) in [7, 11) is 5.52. The fourth-order valence-corrected chi connectivity index (χ4v) is 4.86. The van der Waals surface area contributed by atoms with Crippen molar-refractivity contribution in [3.8, 4) is 11.5 Å². The first kappa shape index (κ1) is 17.3. The number of nitrogens with one attached hydrogen (secondary N) is 1. The zero-order chi connectivity index (χ0) is 16.9. The molecule has 3 rings (SSSR count). The van der Waals surface area contributed by atoms with Crippen LogP contribution in [-0.2, 0) is 12.8 Å². The Labute approximate surface area is 149 Å². The molecule has 0 bridgehead atoms. The summed E-state index contributed by atoms with van der Waals surface area (Å²) in [6, 6.07) is 8.74. The number of ether oxygens (including phenoxy) is 2. The molecule has 0 radical (unpaired) electrons. The molecule has 0 fully saturated rings. The Kier molecular flexibility index (Phi) is 5.80. The maximum Gasteiger partial charge on any atom is 0.164 e. The molecule has 24 heavy (non-hydrogen) atoms. The highest BCUT2D eigenvalue weighted by atomic mass is 32.1. The normalized spacial score (nSPS) is 18.0. The minimum Gasteiger partial charge on any atom is -0.493 e. The summed E-state index contributed by atoms with van der Waals surface area (Å²) in [5, 5.41) is 5.58. The van der Waals surface area contributed by atoms with E-state index in [9.17, 15) is 0 Å². The number of fused-ring (bicyclic) bond motifs is 1. The first-order chi connectivity index (χ1) is 11.8. The molecule has 1 N–H and O–H groups in total. The van der Waals surface area contributed by atoms with Crippen LogP contribution in [0.1, 0.15) is 34.8 Å². The molecule has 2 unspecified atom stereocenters. The van der Waals surface area contributed by atoms with Crippen molar-refractivity contribution in [2.45, 2.75) is 31.6 Å². The van der Waals surface area contributed by atoms with E-state index in [-0.39, 0.29) is 0 Å². The fourth-order valence-electron chi connectivity index (χ4n) is 4.06. The standard InChI is InChI=1S/C20H27NO2S/c1-21-13-14(12-15-6-5-11-24-15)16-7-4-8-18-17(16)9-10-19(22-2)20(18)23-3/h5-6,9-11,14,16,21H,4,7-8,12-13H2,1-3H3. The molecule has 0 amide bonds. The summed E-state index contributed by atoms with van der Waals surface area (Å²) in [5.74, 6) is 2.95. The molecule has 1 aliphatic carbocycles. The Morgan fingerprint density at radius 1 is 1.25 bits per heavy atom. The van der Waals surface area contributed by atoms with Gasteiger partial charge in [-0.1, -0.05) is 12.1 Å². The minimum atomic E-state index is 0.572. The second kappa shape index (κ2) is 8.04. The minimum absolute atomic E-state index is 0.572. The molecule has 0 saturated heterocycles. The molecular weight excluding hydrogens is 318 g/mol. The number of hydrogen-bond acceptors (Lipinski definition) is 4. The highest BCUT2D eigenvalue weighted by Gasteiger charge is 2.30. The van der Waals surface area contributed by atoms with Gasteiger partial charge >= 0.3 is 0 Å². The van der Waals surface area contributed by atoms with E-state index in [1.165, 1.54) is 28.8 Å². The summed E-state index contributed by atoms with van der Waals surface area (Å²) in [5.41, 5.74) is 2.80. The van der Waals surface area contributed by atoms with Crippen LogP contribution in [0.15, 0.2) is 29.6 Å². The van der Waals surface area contributed by atoms with E-state index in [0.29, 0.717) is 11.8 Å². The van der Waals surface area contributed by atoms with Crippen LogP contribution in [-0.4, -0.2) is 27.8 Å². The molecule has 1 aromatic carbocycles. The zero-order valence-electron chi connectivity index (χ0n) is 14.8. The fraction of sp³-hybridized carbons (Fsp3) is 0.500. The zero-order valence-corrected chi connectivity index (χ0v) is 15.6. The van der Waals surface area contributed by atoms with Crippen LogP contribution in [0.2, 0.25) is 0 Å². The largest absolute Gasteiger partial charge is 0.493 e. The van der Waals surface area contributed by atoms with Gasteiger partial charge in [-0.15, -0.1) is 11.3 Å². The number of benzene rings is 1. The van der Waals surface area contributed by atoms with Gasteiger partial charge in [-0.25, -0.2) is 0 Å². The van der Waals surface area contributed by atoms with E-state index in [4.69, 9.17) is 9.47 Å². The maximum absolute atomic E-state index is 5.69. The van der Waals surface area contributed by atoms with E-state index in [2.05, 4.69) is 42.0 Å². The molecule has 4 heteroatoms. The Morgan fingerprint density at radius 2 is 2.12 bits per heavy atom. The van der Waals surface area contributed by atoms with Gasteiger partial charge in [0.1, 0.15) is 0 Å². The third-order valence-corrected chi connectivity index (χ3v) is 6.00. The van der Waals surface area contributed by atoms with E-state index in [1.807, 2.05) is 11.3 Å². The molecule has 2 aromatic rings. The second-order valence-electron chi connectivity index (χ2n) is 6.47. The molecule has 130 valence electrons. The molecule has 3 nitrogen and oxygen atoms in total. The third-order valence-electron chi connectivity index (χ3n) is 5.10. The molecule has 1 aromatic heterocycles. The number of methoxy groups -OCH3 is 2. The Balaban J connectivity index is 1.94. The molecule has 1 aliphatic rings. The van der Waals surface area contributed by atoms with Gasteiger partial charge in [-0.2, -0.15) is 0 Å². The number of rotatable bonds is 7. The lowest BCUT2D eigenvalue weighted by molar-refractivity contribution is 0.336. The third kappa shape index (κ3) is 3.45. The van der Waals surface area contributed by atoms with Crippen molar-refractivity contribution in [3.63, 3.8) is 0 Å². The molecule has 0 spiro atoms. The summed E-state index contributed by atoms with van der Waals surface area (Å²) < 4.78 is 11.2. The Bertz CT molecular complexity index is 654. The molecule has 2 atom stereocenters. The van der Waals surface area contributed by atoms with Crippen LogP contribution < -0.4 is 14.8 Å². The van der Waals surface area contributed by atoms with Crippen LogP contribution in [0, 0.1) is 5.92 Å². The van der Waals surface area contributed by atoms with Crippen LogP contribution in [0.5, 0.6) is 11.5 Å². The van der Waals surface area contributed by atoms with E-state index < -0.39 is 0 Å². The van der Waals surface area contributed by atoms with Crippen molar-refractivity contribution < 1.29 is 9.47 Å². The highest BCUT2D eigenvalue weighted by molar-refractivity contribution is 7.09. The maximum atomic E-state index is 5.69. The average molecular weight is 346 g/mol. The van der Waals surface area contributed by atoms with Gasteiger partial charge in [0, 0.05) is 10.4 Å². The predicted octanol–water partition coefficient (Wildman–Crippen LogP) is 4.26. The summed E-state index contributed by atoms with van der Waals surface area (Å²) in [6.45, 7) is 1.04. The molecule has 0 aliphatic heterocycles. The van der Waals surface area contributed by atoms with Crippen molar-refractivity contribution in [1.29, 1.82) is 0 Å². The van der Waals surface area contributed by atoms with Crippen molar-refractivity contribution in [2.24, 2.45) is 5.92 Å². The lowest BCUT2D eigenvalue weighted by Gasteiger charge is -2.33. The predicted molar refractivity (Wildman–Crippen MR) is 101 cm³/mol. The van der Waals surface area contributed by atoms with Gasteiger partial charge in [0.2, 0.25) is 0 Å². The Morgan fingerprint density at radius 3 is 2.79 bits per heavy atom. The van der Waals surface area contributed by atoms with Crippen LogP contribution >= 0.6 is 11.3 Å². The molecule has 1 heterocycles. The van der Waals surface area contributed by atoms with Crippen LogP contribution in [0.3, 0.4) is 0 Å². The second-order valence-corrected chi connectivity index (χ2v) is 7.50. The quantitative estimate of drug-likeness (QED) is 0.813. The number of thiophene rings is 1. The van der Waals surface area contributed by atoms with Crippen molar-refractivity contribution in [2.75, 3.05) is 27.8 Å². The lowest BCUT2D eigenvalue weighted by Crippen LogP contribution is -2.29. The highest BCUT2D eigenvalue weighted by Crippen LogP contribution is 2.45.